The molecule has 132 valence electrons. The number of benzene rings is 2. The lowest BCUT2D eigenvalue weighted by Gasteiger charge is -2.34. The molecule has 1 saturated heterocycles. The van der Waals surface area contributed by atoms with Gasteiger partial charge in [0.2, 0.25) is 0 Å². The topological polar surface area (TPSA) is 49.3 Å². The molecule has 4 rings (SSSR count). The lowest BCUT2D eigenvalue weighted by molar-refractivity contribution is 0.0622. The summed E-state index contributed by atoms with van der Waals surface area (Å²) in [6, 6.07) is 16.7. The molecule has 0 spiro atoms. The van der Waals surface area contributed by atoms with E-state index in [-0.39, 0.29) is 5.91 Å². The Kier molecular flexibility index (Phi) is 4.63. The number of amides is 1. The van der Waals surface area contributed by atoms with Crippen LogP contribution < -0.4 is 0 Å². The average molecular weight is 346 g/mol. The summed E-state index contributed by atoms with van der Waals surface area (Å²) in [5.74, 6) is 0.630. The minimum Gasteiger partial charge on any atom is -0.335 e. The number of rotatable bonds is 3. The molecule has 5 nitrogen and oxygen atoms in total. The van der Waals surface area contributed by atoms with Gasteiger partial charge in [-0.15, -0.1) is 0 Å². The Morgan fingerprint density at radius 3 is 2.58 bits per heavy atom. The van der Waals surface area contributed by atoms with Gasteiger partial charge in [-0.25, -0.2) is 9.97 Å². The number of hydrogen-bond acceptors (Lipinski definition) is 4. The van der Waals surface area contributed by atoms with Crippen molar-refractivity contribution in [3.8, 4) is 0 Å². The Balaban J connectivity index is 1.41. The van der Waals surface area contributed by atoms with Gasteiger partial charge in [-0.05, 0) is 29.3 Å². The van der Waals surface area contributed by atoms with Gasteiger partial charge in [0.1, 0.15) is 11.5 Å². The third kappa shape index (κ3) is 3.44. The third-order valence-electron chi connectivity index (χ3n) is 4.93. The maximum atomic E-state index is 12.6. The van der Waals surface area contributed by atoms with Crippen LogP contribution in [0.25, 0.3) is 10.8 Å². The molecule has 1 fully saturated rings. The van der Waals surface area contributed by atoms with E-state index in [1.165, 1.54) is 16.3 Å². The van der Waals surface area contributed by atoms with Gasteiger partial charge in [0, 0.05) is 38.9 Å². The molecule has 0 saturated carbocycles. The molecule has 2 aromatic carbocycles. The normalized spacial score (nSPS) is 15.3. The fourth-order valence-corrected chi connectivity index (χ4v) is 3.52. The second-order valence-electron chi connectivity index (χ2n) is 6.70. The molecule has 2 heterocycles. The first kappa shape index (κ1) is 16.7. The summed E-state index contributed by atoms with van der Waals surface area (Å²) in [6.07, 6.45) is 1.65. The van der Waals surface area contributed by atoms with Crippen LogP contribution in [0.15, 0.2) is 54.7 Å². The molecule has 0 atom stereocenters. The second-order valence-corrected chi connectivity index (χ2v) is 6.70. The first-order valence-corrected chi connectivity index (χ1v) is 8.98. The molecule has 5 heteroatoms. The molecule has 0 aliphatic carbocycles. The van der Waals surface area contributed by atoms with Crippen molar-refractivity contribution in [1.29, 1.82) is 0 Å². The van der Waals surface area contributed by atoms with Gasteiger partial charge in [-0.1, -0.05) is 42.5 Å². The fraction of sp³-hybridized carbons (Fsp3) is 0.286. The van der Waals surface area contributed by atoms with Gasteiger partial charge in [-0.3, -0.25) is 9.69 Å². The Morgan fingerprint density at radius 2 is 1.77 bits per heavy atom. The van der Waals surface area contributed by atoms with Gasteiger partial charge in [0.15, 0.2) is 0 Å². The van der Waals surface area contributed by atoms with E-state index in [2.05, 4.69) is 57.3 Å². The van der Waals surface area contributed by atoms with Gasteiger partial charge >= 0.3 is 0 Å². The molecule has 1 amide bonds. The standard InChI is InChI=1S/C21H22N4O/c1-16-22-10-9-20(23-16)21(26)25-13-11-24(12-14-25)15-18-7-4-6-17-5-2-3-8-19(17)18/h2-10H,11-15H2,1H3. The Hall–Kier alpha value is -2.79. The lowest BCUT2D eigenvalue weighted by Crippen LogP contribution is -2.48. The summed E-state index contributed by atoms with van der Waals surface area (Å²) in [6.45, 7) is 5.92. The summed E-state index contributed by atoms with van der Waals surface area (Å²) in [4.78, 5) is 25.2. The van der Waals surface area contributed by atoms with Crippen LogP contribution in [0.1, 0.15) is 21.9 Å². The fourth-order valence-electron chi connectivity index (χ4n) is 3.52. The van der Waals surface area contributed by atoms with Crippen LogP contribution >= 0.6 is 0 Å². The first-order chi connectivity index (χ1) is 12.7. The molecule has 0 radical (unpaired) electrons. The highest BCUT2D eigenvalue weighted by Gasteiger charge is 2.23. The molecule has 0 unspecified atom stereocenters. The van der Waals surface area contributed by atoms with E-state index in [1.807, 2.05) is 4.90 Å². The number of hydrogen-bond donors (Lipinski definition) is 0. The highest BCUT2D eigenvalue weighted by atomic mass is 16.2. The van der Waals surface area contributed by atoms with Crippen molar-refractivity contribution in [2.24, 2.45) is 0 Å². The van der Waals surface area contributed by atoms with Crippen molar-refractivity contribution in [1.82, 2.24) is 19.8 Å². The first-order valence-electron chi connectivity index (χ1n) is 8.98. The minimum atomic E-state index is 0.000288. The van der Waals surface area contributed by atoms with Crippen LogP contribution in [0.2, 0.25) is 0 Å². The predicted molar refractivity (Wildman–Crippen MR) is 102 cm³/mol. The van der Waals surface area contributed by atoms with Crippen LogP contribution in [0.4, 0.5) is 0 Å². The van der Waals surface area contributed by atoms with Crippen molar-refractivity contribution >= 4 is 16.7 Å². The third-order valence-corrected chi connectivity index (χ3v) is 4.93. The number of piperazine rings is 1. The van der Waals surface area contributed by atoms with Crippen molar-refractivity contribution in [3.63, 3.8) is 0 Å². The van der Waals surface area contributed by atoms with E-state index >= 15 is 0 Å². The summed E-state index contributed by atoms with van der Waals surface area (Å²) in [7, 11) is 0. The number of aromatic nitrogens is 2. The highest BCUT2D eigenvalue weighted by Crippen LogP contribution is 2.20. The summed E-state index contributed by atoms with van der Waals surface area (Å²) >= 11 is 0. The number of fused-ring (bicyclic) bond motifs is 1. The molecule has 1 aliphatic rings. The van der Waals surface area contributed by atoms with Crippen molar-refractivity contribution in [2.45, 2.75) is 13.5 Å². The summed E-state index contributed by atoms with van der Waals surface area (Å²) in [5, 5.41) is 2.59. The zero-order valence-electron chi connectivity index (χ0n) is 14.9. The monoisotopic (exact) mass is 346 g/mol. The van der Waals surface area contributed by atoms with Gasteiger partial charge < -0.3 is 4.90 Å². The van der Waals surface area contributed by atoms with Gasteiger partial charge in [0.25, 0.3) is 5.91 Å². The van der Waals surface area contributed by atoms with Crippen LogP contribution in [-0.4, -0.2) is 51.9 Å². The zero-order valence-corrected chi connectivity index (χ0v) is 14.9. The number of aryl methyl sites for hydroxylation is 1. The summed E-state index contributed by atoms with van der Waals surface area (Å²) < 4.78 is 0. The van der Waals surface area contributed by atoms with Crippen LogP contribution in [0.5, 0.6) is 0 Å². The lowest BCUT2D eigenvalue weighted by atomic mass is 10.0. The molecule has 1 aromatic heterocycles. The molecule has 1 aliphatic heterocycles. The molecular weight excluding hydrogens is 324 g/mol. The van der Waals surface area contributed by atoms with E-state index in [4.69, 9.17) is 0 Å². The van der Waals surface area contributed by atoms with E-state index in [9.17, 15) is 4.79 Å². The molecular formula is C21H22N4O. The number of carbonyl (C=O) groups excluding carboxylic acids is 1. The Labute approximate surface area is 153 Å². The highest BCUT2D eigenvalue weighted by molar-refractivity contribution is 5.92. The number of carbonyl (C=O) groups is 1. The largest absolute Gasteiger partial charge is 0.335 e. The number of nitrogens with zero attached hydrogens (tertiary/aromatic N) is 4. The quantitative estimate of drug-likeness (QED) is 0.732. The smallest absolute Gasteiger partial charge is 0.272 e. The van der Waals surface area contributed by atoms with Crippen LogP contribution in [0.3, 0.4) is 0 Å². The zero-order chi connectivity index (χ0) is 17.9. The Morgan fingerprint density at radius 1 is 1.00 bits per heavy atom. The van der Waals surface area contributed by atoms with E-state index in [1.54, 1.807) is 19.2 Å². The molecule has 0 bridgehead atoms. The predicted octanol–water partition coefficient (Wildman–Crippen LogP) is 2.90. The SMILES string of the molecule is Cc1nccc(C(=O)N2CCN(Cc3cccc4ccccc34)CC2)n1. The van der Waals surface area contributed by atoms with Crippen molar-refractivity contribution in [2.75, 3.05) is 26.2 Å². The summed E-state index contributed by atoms with van der Waals surface area (Å²) in [5.41, 5.74) is 1.83. The average Bonchev–Trinajstić information content (AvgIpc) is 2.68. The Bertz CT molecular complexity index is 927. The maximum absolute atomic E-state index is 12.6. The van der Waals surface area contributed by atoms with E-state index < -0.39 is 0 Å². The van der Waals surface area contributed by atoms with Gasteiger partial charge in [0.05, 0.1) is 0 Å². The van der Waals surface area contributed by atoms with Crippen molar-refractivity contribution < 1.29 is 4.79 Å². The molecule has 0 N–H and O–H groups in total. The van der Waals surface area contributed by atoms with Gasteiger partial charge in [-0.2, -0.15) is 0 Å². The van der Waals surface area contributed by atoms with Crippen LogP contribution in [-0.2, 0) is 6.54 Å². The van der Waals surface area contributed by atoms with E-state index in [0.29, 0.717) is 11.5 Å². The second kappa shape index (κ2) is 7.22. The maximum Gasteiger partial charge on any atom is 0.272 e. The van der Waals surface area contributed by atoms with Crippen LogP contribution in [0, 0.1) is 6.92 Å². The molecule has 3 aromatic rings. The molecule has 26 heavy (non-hydrogen) atoms. The van der Waals surface area contributed by atoms with E-state index in [0.717, 1.165) is 32.7 Å². The van der Waals surface area contributed by atoms with Crippen molar-refractivity contribution in [3.05, 3.63) is 71.8 Å². The minimum absolute atomic E-state index is 0.000288.